The molecule has 0 radical (unpaired) electrons. The van der Waals surface area contributed by atoms with Crippen LogP contribution in [-0.2, 0) is 15.6 Å². The van der Waals surface area contributed by atoms with Gasteiger partial charge in [-0.1, -0.05) is 30.3 Å². The van der Waals surface area contributed by atoms with Crippen LogP contribution in [0.5, 0.6) is 0 Å². The summed E-state index contributed by atoms with van der Waals surface area (Å²) in [6, 6.07) is 15.4. The summed E-state index contributed by atoms with van der Waals surface area (Å²) < 4.78 is 26.5. The zero-order valence-corrected chi connectivity index (χ0v) is 15.7. The largest absolute Gasteiger partial charge is 0.263 e. The fourth-order valence-electron chi connectivity index (χ4n) is 2.75. The van der Waals surface area contributed by atoms with Gasteiger partial charge in [-0.15, -0.1) is 11.3 Å². The van der Waals surface area contributed by atoms with E-state index < -0.39 is 9.84 Å². The number of aromatic nitrogens is 2. The van der Waals surface area contributed by atoms with Crippen molar-refractivity contribution in [2.75, 3.05) is 0 Å². The second-order valence-corrected chi connectivity index (χ2v) is 8.95. The lowest BCUT2D eigenvalue weighted by Crippen LogP contribution is -2.04. The van der Waals surface area contributed by atoms with Crippen molar-refractivity contribution < 1.29 is 8.42 Å². The van der Waals surface area contributed by atoms with Crippen LogP contribution in [0.1, 0.15) is 5.56 Å². The van der Waals surface area contributed by atoms with Gasteiger partial charge in [0.15, 0.2) is 15.5 Å². The Kier molecular flexibility index (Phi) is 4.44. The van der Waals surface area contributed by atoms with Gasteiger partial charge in [-0.2, -0.15) is 0 Å². The number of benzene rings is 2. The molecule has 4 aromatic rings. The number of hydrogen-bond donors (Lipinski definition) is 0. The predicted octanol–water partition coefficient (Wildman–Crippen LogP) is 4.88. The maximum Gasteiger partial charge on any atom is 0.188 e. The first kappa shape index (κ1) is 17.3. The topological polar surface area (TPSA) is 64.3 Å². The highest BCUT2D eigenvalue weighted by Crippen LogP contribution is 2.30. The fourth-order valence-corrected chi connectivity index (χ4v) is 5.05. The molecule has 7 heteroatoms. The first-order chi connectivity index (χ1) is 13.0. The molecule has 0 fully saturated rings. The summed E-state index contributed by atoms with van der Waals surface area (Å²) >= 11 is 1.52. The highest BCUT2D eigenvalue weighted by molar-refractivity contribution is 7.90. The minimum absolute atomic E-state index is 0.130. The van der Waals surface area contributed by atoms with Gasteiger partial charge in [0.05, 0.1) is 27.4 Å². The lowest BCUT2D eigenvalue weighted by Gasteiger charge is -2.06. The van der Waals surface area contributed by atoms with Crippen LogP contribution in [-0.4, -0.2) is 18.4 Å². The van der Waals surface area contributed by atoms with E-state index in [9.17, 15) is 8.42 Å². The third-order valence-corrected chi connectivity index (χ3v) is 6.77. The molecular formula is C20H13N3O2S2. The Bertz CT molecular complexity index is 1250. The molecule has 0 saturated carbocycles. The van der Waals surface area contributed by atoms with Crippen LogP contribution in [0, 0.1) is 6.57 Å². The molecule has 0 saturated heterocycles. The number of nitrogens with zero attached hydrogens (tertiary/aromatic N) is 3. The van der Waals surface area contributed by atoms with Gasteiger partial charge < -0.3 is 0 Å². The molecule has 5 nitrogen and oxygen atoms in total. The van der Waals surface area contributed by atoms with Gasteiger partial charge in [0.1, 0.15) is 5.01 Å². The summed E-state index contributed by atoms with van der Waals surface area (Å²) in [5.74, 6) is -0.130. The van der Waals surface area contributed by atoms with Gasteiger partial charge in [-0.3, -0.25) is 4.98 Å². The number of thiazole rings is 1. The lowest BCUT2D eigenvalue weighted by molar-refractivity contribution is 0.595. The molecule has 2 heterocycles. The molecule has 2 aromatic heterocycles. The van der Waals surface area contributed by atoms with Gasteiger partial charge in [0, 0.05) is 18.0 Å². The van der Waals surface area contributed by atoms with Crippen LogP contribution >= 0.6 is 11.3 Å². The van der Waals surface area contributed by atoms with E-state index in [1.807, 2.05) is 24.3 Å². The highest BCUT2D eigenvalue weighted by atomic mass is 32.2. The predicted molar refractivity (Wildman–Crippen MR) is 106 cm³/mol. The van der Waals surface area contributed by atoms with E-state index >= 15 is 0 Å². The molecule has 0 aliphatic carbocycles. The Morgan fingerprint density at radius 1 is 1.07 bits per heavy atom. The normalized spacial score (nSPS) is 11.4. The maximum atomic E-state index is 12.7. The zero-order chi connectivity index (χ0) is 18.9. The number of hydrogen-bond acceptors (Lipinski definition) is 5. The van der Waals surface area contributed by atoms with Crippen LogP contribution in [0.15, 0.2) is 71.9 Å². The average Bonchev–Trinajstić information content (AvgIpc) is 3.12. The standard InChI is InChI=1S/C20H13N3O2S2/c1-21-16-6-3-7-17(11-16)27(24,25)13-14-4-2-5-15(10-14)20-23-18-8-9-22-12-19(18)26-20/h2-12H,13H2. The number of fused-ring (bicyclic) bond motifs is 1. The molecule has 0 aliphatic rings. The second kappa shape index (κ2) is 6.91. The Morgan fingerprint density at radius 2 is 1.93 bits per heavy atom. The van der Waals surface area contributed by atoms with E-state index in [0.29, 0.717) is 11.3 Å². The summed E-state index contributed by atoms with van der Waals surface area (Å²) in [6.07, 6.45) is 3.47. The van der Waals surface area contributed by atoms with Crippen molar-refractivity contribution in [1.29, 1.82) is 0 Å². The van der Waals surface area contributed by atoms with Crippen LogP contribution in [0.3, 0.4) is 0 Å². The van der Waals surface area contributed by atoms with Crippen molar-refractivity contribution in [3.05, 3.63) is 84.0 Å². The van der Waals surface area contributed by atoms with E-state index in [0.717, 1.165) is 20.8 Å². The Labute approximate surface area is 160 Å². The van der Waals surface area contributed by atoms with Crippen molar-refractivity contribution in [3.63, 3.8) is 0 Å². The van der Waals surface area contributed by atoms with Crippen LogP contribution in [0.4, 0.5) is 5.69 Å². The van der Waals surface area contributed by atoms with Crippen molar-refractivity contribution in [2.45, 2.75) is 10.6 Å². The van der Waals surface area contributed by atoms with E-state index in [1.54, 1.807) is 30.6 Å². The molecule has 2 aromatic carbocycles. The van der Waals surface area contributed by atoms with Crippen molar-refractivity contribution in [1.82, 2.24) is 9.97 Å². The van der Waals surface area contributed by atoms with Crippen LogP contribution in [0.2, 0.25) is 0 Å². The third-order valence-electron chi connectivity index (χ3n) is 4.03. The highest BCUT2D eigenvalue weighted by Gasteiger charge is 2.16. The summed E-state index contributed by atoms with van der Waals surface area (Å²) in [5.41, 5.74) is 2.74. The van der Waals surface area contributed by atoms with E-state index in [4.69, 9.17) is 6.57 Å². The number of rotatable bonds is 4. The molecule has 132 valence electrons. The molecule has 0 spiro atoms. The first-order valence-corrected chi connectivity index (χ1v) is 10.5. The molecular weight excluding hydrogens is 378 g/mol. The van der Waals surface area contributed by atoms with Gasteiger partial charge in [-0.25, -0.2) is 18.2 Å². The van der Waals surface area contributed by atoms with E-state index in [1.165, 1.54) is 23.5 Å². The van der Waals surface area contributed by atoms with Gasteiger partial charge in [-0.05, 0) is 29.8 Å². The monoisotopic (exact) mass is 391 g/mol. The smallest absolute Gasteiger partial charge is 0.188 e. The Balaban J connectivity index is 1.67. The summed E-state index contributed by atoms with van der Waals surface area (Å²) in [5, 5.41) is 0.826. The van der Waals surface area contributed by atoms with E-state index in [2.05, 4.69) is 14.8 Å². The summed E-state index contributed by atoms with van der Waals surface area (Å²) in [6.45, 7) is 7.06. The molecule has 0 N–H and O–H groups in total. The molecule has 0 atom stereocenters. The van der Waals surface area contributed by atoms with Crippen LogP contribution in [0.25, 0.3) is 25.6 Å². The fraction of sp³-hybridized carbons (Fsp3) is 0.0500. The molecule has 0 aliphatic heterocycles. The minimum Gasteiger partial charge on any atom is -0.263 e. The number of sulfone groups is 1. The second-order valence-electron chi connectivity index (χ2n) is 5.93. The maximum absolute atomic E-state index is 12.7. The van der Waals surface area contributed by atoms with Gasteiger partial charge >= 0.3 is 0 Å². The van der Waals surface area contributed by atoms with Crippen molar-refractivity contribution in [2.24, 2.45) is 0 Å². The third kappa shape index (κ3) is 3.58. The Hall–Kier alpha value is -3.08. The van der Waals surface area contributed by atoms with E-state index in [-0.39, 0.29) is 10.6 Å². The minimum atomic E-state index is -3.54. The molecule has 0 unspecified atom stereocenters. The molecule has 4 rings (SSSR count). The molecule has 0 bridgehead atoms. The lowest BCUT2D eigenvalue weighted by atomic mass is 10.1. The zero-order valence-electron chi connectivity index (χ0n) is 14.0. The SMILES string of the molecule is [C-]#[N+]c1cccc(S(=O)(=O)Cc2cccc(-c3nc4ccncc4s3)c2)c1. The number of pyridine rings is 1. The van der Waals surface area contributed by atoms with Gasteiger partial charge in [0.25, 0.3) is 0 Å². The molecule has 27 heavy (non-hydrogen) atoms. The summed E-state index contributed by atoms with van der Waals surface area (Å²) in [4.78, 5) is 12.2. The summed E-state index contributed by atoms with van der Waals surface area (Å²) in [7, 11) is -3.54. The van der Waals surface area contributed by atoms with Crippen molar-refractivity contribution >= 4 is 37.1 Å². The first-order valence-electron chi connectivity index (χ1n) is 8.05. The van der Waals surface area contributed by atoms with Crippen molar-refractivity contribution in [3.8, 4) is 10.6 Å². The Morgan fingerprint density at radius 3 is 2.74 bits per heavy atom. The molecule has 0 amide bonds. The average molecular weight is 391 g/mol. The quantitative estimate of drug-likeness (QED) is 0.465. The van der Waals surface area contributed by atoms with Gasteiger partial charge in [0.2, 0.25) is 0 Å². The van der Waals surface area contributed by atoms with Crippen LogP contribution < -0.4 is 0 Å².